The Morgan fingerprint density at radius 3 is 2.71 bits per heavy atom. The average molecular weight is 214 g/mol. The molecule has 1 aromatic carbocycles. The Morgan fingerprint density at radius 1 is 1.43 bits per heavy atom. The Balaban J connectivity index is 2.71. The van der Waals surface area contributed by atoms with Gasteiger partial charge in [-0.2, -0.15) is 0 Å². The van der Waals surface area contributed by atoms with Crippen molar-refractivity contribution >= 4 is 23.2 Å². The smallest absolute Gasteiger partial charge is 0.234 e. The molecule has 2 nitrogen and oxygen atoms in total. The van der Waals surface area contributed by atoms with Gasteiger partial charge in [0.2, 0.25) is 5.91 Å². The second-order valence-electron chi connectivity index (χ2n) is 3.89. The fourth-order valence-corrected chi connectivity index (χ4v) is 2.14. The van der Waals surface area contributed by atoms with Crippen LogP contribution in [0, 0.1) is 5.82 Å². The van der Waals surface area contributed by atoms with Gasteiger partial charge in [0.1, 0.15) is 5.82 Å². The molecule has 0 bridgehead atoms. The lowest BCUT2D eigenvalue weighted by Crippen LogP contribution is -2.27. The molecule has 0 spiro atoms. The Hall–Kier alpha value is -1.09. The van der Waals surface area contributed by atoms with Crippen LogP contribution in [0.1, 0.15) is 19.4 Å². The van der Waals surface area contributed by atoms with Crippen molar-refractivity contribution in [3.8, 4) is 0 Å². The van der Waals surface area contributed by atoms with E-state index in [0.717, 1.165) is 0 Å². The van der Waals surface area contributed by atoms with Gasteiger partial charge in [-0.05, 0) is 26.0 Å². The van der Waals surface area contributed by atoms with E-state index >= 15 is 0 Å². The molecule has 1 N–H and O–H groups in total. The predicted molar refractivity (Wildman–Crippen MR) is 53.1 cm³/mol. The van der Waals surface area contributed by atoms with Gasteiger partial charge in [0.15, 0.2) is 0 Å². The normalized spacial score (nSPS) is 17.9. The number of fused-ring (bicyclic) bond motifs is 1. The summed E-state index contributed by atoms with van der Waals surface area (Å²) >= 11 is 5.89. The molecular formula is C10H9ClFNO. The van der Waals surface area contributed by atoms with Gasteiger partial charge in [0, 0.05) is 16.3 Å². The van der Waals surface area contributed by atoms with Gasteiger partial charge < -0.3 is 5.32 Å². The van der Waals surface area contributed by atoms with Crippen molar-refractivity contribution in [3.63, 3.8) is 0 Å². The van der Waals surface area contributed by atoms with Crippen LogP contribution in [0.2, 0.25) is 5.02 Å². The quantitative estimate of drug-likeness (QED) is 0.706. The highest BCUT2D eigenvalue weighted by atomic mass is 35.5. The molecule has 0 aromatic heterocycles. The number of hydrogen-bond donors (Lipinski definition) is 1. The Labute approximate surface area is 86.1 Å². The molecule has 0 radical (unpaired) electrons. The first-order chi connectivity index (χ1) is 6.43. The minimum absolute atomic E-state index is 0.153. The van der Waals surface area contributed by atoms with Crippen molar-refractivity contribution in [1.29, 1.82) is 0 Å². The van der Waals surface area contributed by atoms with Crippen LogP contribution in [0.25, 0.3) is 0 Å². The van der Waals surface area contributed by atoms with Gasteiger partial charge in [0.25, 0.3) is 0 Å². The van der Waals surface area contributed by atoms with E-state index in [0.29, 0.717) is 16.3 Å². The van der Waals surface area contributed by atoms with E-state index in [2.05, 4.69) is 5.32 Å². The number of benzene rings is 1. The molecule has 1 heterocycles. The van der Waals surface area contributed by atoms with Crippen molar-refractivity contribution in [2.45, 2.75) is 19.3 Å². The summed E-state index contributed by atoms with van der Waals surface area (Å²) in [6, 6.07) is 2.51. The molecule has 0 atom stereocenters. The number of hydrogen-bond acceptors (Lipinski definition) is 1. The minimum atomic E-state index is -0.680. The lowest BCUT2D eigenvalue weighted by molar-refractivity contribution is -0.119. The summed E-state index contributed by atoms with van der Waals surface area (Å²) in [5.74, 6) is -0.591. The first-order valence-electron chi connectivity index (χ1n) is 4.24. The molecule has 0 fully saturated rings. The predicted octanol–water partition coefficient (Wildman–Crippen LogP) is 2.71. The summed E-state index contributed by atoms with van der Waals surface area (Å²) in [4.78, 5) is 11.5. The number of carbonyl (C=O) groups is 1. The SMILES string of the molecule is CC1(C)C(=O)Nc2cc(F)cc(Cl)c21. The van der Waals surface area contributed by atoms with Crippen LogP contribution >= 0.6 is 11.6 Å². The van der Waals surface area contributed by atoms with Crippen LogP contribution in [0.3, 0.4) is 0 Å². The van der Waals surface area contributed by atoms with Crippen LogP contribution in [0.5, 0.6) is 0 Å². The van der Waals surface area contributed by atoms with Crippen molar-refractivity contribution in [3.05, 3.63) is 28.5 Å². The van der Waals surface area contributed by atoms with E-state index in [4.69, 9.17) is 11.6 Å². The lowest BCUT2D eigenvalue weighted by atomic mass is 9.86. The highest BCUT2D eigenvalue weighted by molar-refractivity contribution is 6.33. The summed E-state index contributed by atoms with van der Waals surface area (Å²) in [5, 5.41) is 2.90. The Morgan fingerprint density at radius 2 is 2.07 bits per heavy atom. The van der Waals surface area contributed by atoms with Gasteiger partial charge in [-0.25, -0.2) is 4.39 Å². The first kappa shape index (κ1) is 9.46. The minimum Gasteiger partial charge on any atom is -0.325 e. The maximum atomic E-state index is 13.0. The van der Waals surface area contributed by atoms with E-state index in [9.17, 15) is 9.18 Å². The molecule has 1 aliphatic heterocycles. The second-order valence-corrected chi connectivity index (χ2v) is 4.30. The second kappa shape index (κ2) is 2.70. The lowest BCUT2D eigenvalue weighted by Gasteiger charge is -2.16. The number of nitrogens with one attached hydrogen (secondary N) is 1. The maximum Gasteiger partial charge on any atom is 0.234 e. The summed E-state index contributed by atoms with van der Waals surface area (Å²) in [5.41, 5.74) is 0.468. The Bertz CT molecular complexity index is 428. The van der Waals surface area contributed by atoms with Crippen LogP contribution in [-0.4, -0.2) is 5.91 Å². The monoisotopic (exact) mass is 213 g/mol. The van der Waals surface area contributed by atoms with Crippen molar-refractivity contribution in [2.75, 3.05) is 5.32 Å². The van der Waals surface area contributed by atoms with E-state index in [1.807, 2.05) is 0 Å². The molecule has 0 aliphatic carbocycles. The third kappa shape index (κ3) is 1.12. The summed E-state index contributed by atoms with van der Waals surface area (Å²) in [6.07, 6.45) is 0. The third-order valence-corrected chi connectivity index (χ3v) is 2.79. The molecular weight excluding hydrogens is 205 g/mol. The average Bonchev–Trinajstić information content (AvgIpc) is 2.21. The van der Waals surface area contributed by atoms with Gasteiger partial charge in [-0.15, -0.1) is 0 Å². The number of anilines is 1. The fourth-order valence-electron chi connectivity index (χ4n) is 1.70. The zero-order valence-electron chi connectivity index (χ0n) is 7.82. The van der Waals surface area contributed by atoms with E-state index < -0.39 is 11.2 Å². The van der Waals surface area contributed by atoms with E-state index in [1.165, 1.54) is 12.1 Å². The molecule has 1 aliphatic rings. The number of halogens is 2. The maximum absolute atomic E-state index is 13.0. The highest BCUT2D eigenvalue weighted by Crippen LogP contribution is 2.42. The van der Waals surface area contributed by atoms with Crippen LogP contribution in [0.15, 0.2) is 12.1 Å². The van der Waals surface area contributed by atoms with Crippen LogP contribution in [0.4, 0.5) is 10.1 Å². The molecule has 74 valence electrons. The molecule has 14 heavy (non-hydrogen) atoms. The van der Waals surface area contributed by atoms with Gasteiger partial charge in [-0.3, -0.25) is 4.79 Å². The van der Waals surface area contributed by atoms with Crippen LogP contribution < -0.4 is 5.32 Å². The molecule has 1 amide bonds. The molecule has 4 heteroatoms. The zero-order chi connectivity index (χ0) is 10.5. The van der Waals surface area contributed by atoms with Crippen molar-refractivity contribution in [1.82, 2.24) is 0 Å². The summed E-state index contributed by atoms with van der Waals surface area (Å²) < 4.78 is 13.0. The van der Waals surface area contributed by atoms with Gasteiger partial charge in [0.05, 0.1) is 5.41 Å². The molecule has 0 unspecified atom stereocenters. The van der Waals surface area contributed by atoms with E-state index in [1.54, 1.807) is 13.8 Å². The van der Waals surface area contributed by atoms with Crippen LogP contribution in [-0.2, 0) is 10.2 Å². The number of rotatable bonds is 0. The number of amides is 1. The van der Waals surface area contributed by atoms with Gasteiger partial charge in [-0.1, -0.05) is 11.6 Å². The summed E-state index contributed by atoms with van der Waals surface area (Å²) in [6.45, 7) is 3.52. The van der Waals surface area contributed by atoms with E-state index in [-0.39, 0.29) is 5.91 Å². The third-order valence-electron chi connectivity index (χ3n) is 2.50. The largest absolute Gasteiger partial charge is 0.325 e. The molecule has 2 rings (SSSR count). The van der Waals surface area contributed by atoms with Crippen molar-refractivity contribution in [2.24, 2.45) is 0 Å². The van der Waals surface area contributed by atoms with Gasteiger partial charge >= 0.3 is 0 Å². The standard InChI is InChI=1S/C10H9ClFNO/c1-10(2)8-6(11)3-5(12)4-7(8)13-9(10)14/h3-4H,1-2H3,(H,13,14). The zero-order valence-corrected chi connectivity index (χ0v) is 8.57. The molecule has 0 saturated heterocycles. The number of carbonyl (C=O) groups excluding carboxylic acids is 1. The van der Waals surface area contributed by atoms with Crippen molar-refractivity contribution < 1.29 is 9.18 Å². The molecule has 0 saturated carbocycles. The first-order valence-corrected chi connectivity index (χ1v) is 4.61. The topological polar surface area (TPSA) is 29.1 Å². The molecule has 1 aromatic rings. The highest BCUT2D eigenvalue weighted by Gasteiger charge is 2.40. The summed E-state index contributed by atoms with van der Waals surface area (Å²) in [7, 11) is 0. The fraction of sp³-hybridized carbons (Fsp3) is 0.300. The Kier molecular flexibility index (Phi) is 1.83.